The topological polar surface area (TPSA) is 39.3 Å². The molecule has 4 rings (SSSR count). The van der Waals surface area contributed by atoms with Gasteiger partial charge in [-0.2, -0.15) is 0 Å². The van der Waals surface area contributed by atoms with Crippen LogP contribution in [-0.4, -0.2) is 28.1 Å². The van der Waals surface area contributed by atoms with Crippen molar-refractivity contribution in [3.63, 3.8) is 0 Å². The Labute approximate surface area is 155 Å². The fraction of sp³-hybridized carbons (Fsp3) is 0.263. The van der Waals surface area contributed by atoms with Crippen LogP contribution in [0.25, 0.3) is 10.9 Å². The molecule has 3 aromatic rings. The minimum atomic E-state index is -0.784. The molecule has 0 aliphatic carbocycles. The molecule has 3 nitrogen and oxygen atoms in total. The highest BCUT2D eigenvalue weighted by Crippen LogP contribution is 2.30. The van der Waals surface area contributed by atoms with Gasteiger partial charge in [-0.05, 0) is 53.9 Å². The number of fused-ring (bicyclic) bond motifs is 3. The Morgan fingerprint density at radius 2 is 2.00 bits per heavy atom. The Kier molecular flexibility index (Phi) is 4.46. The van der Waals surface area contributed by atoms with Gasteiger partial charge in [0.05, 0.1) is 6.10 Å². The summed E-state index contributed by atoms with van der Waals surface area (Å²) in [6.45, 7) is 1.96. The van der Waals surface area contributed by atoms with E-state index in [9.17, 15) is 9.50 Å². The van der Waals surface area contributed by atoms with Crippen molar-refractivity contribution < 1.29 is 9.50 Å². The summed E-state index contributed by atoms with van der Waals surface area (Å²) in [6.07, 6.45) is 0.0975. The van der Waals surface area contributed by atoms with Crippen molar-refractivity contribution in [1.82, 2.24) is 9.88 Å². The number of hydrogen-bond donors (Lipinski definition) is 2. The number of nitrogens with one attached hydrogen (secondary N) is 1. The van der Waals surface area contributed by atoms with E-state index in [1.54, 1.807) is 6.07 Å². The summed E-state index contributed by atoms with van der Waals surface area (Å²) in [5, 5.41) is 12.6. The number of aliphatic hydroxyl groups is 1. The number of hydrogen-bond acceptors (Lipinski definition) is 2. The van der Waals surface area contributed by atoms with Crippen LogP contribution in [0.15, 0.2) is 36.4 Å². The maximum absolute atomic E-state index is 13.5. The number of rotatable bonds is 3. The first-order valence-corrected chi connectivity index (χ1v) is 8.90. The third-order valence-corrected chi connectivity index (χ3v) is 5.17. The molecule has 1 aliphatic heterocycles. The molecule has 0 fully saturated rings. The summed E-state index contributed by atoms with van der Waals surface area (Å²) in [4.78, 5) is 5.60. The van der Waals surface area contributed by atoms with E-state index in [4.69, 9.17) is 23.2 Å². The van der Waals surface area contributed by atoms with Gasteiger partial charge in [0.25, 0.3) is 0 Å². The maximum atomic E-state index is 13.5. The zero-order chi connectivity index (χ0) is 17.6. The first-order valence-electron chi connectivity index (χ1n) is 8.15. The van der Waals surface area contributed by atoms with Gasteiger partial charge in [0, 0.05) is 46.3 Å². The molecular formula is C19H17Cl2FN2O. The third-order valence-electron chi connectivity index (χ3n) is 4.72. The molecule has 2 N–H and O–H groups in total. The molecule has 2 heterocycles. The lowest BCUT2D eigenvalue weighted by Gasteiger charge is -2.29. The Balaban J connectivity index is 1.53. The highest BCUT2D eigenvalue weighted by molar-refractivity contribution is 6.31. The molecule has 1 aliphatic rings. The van der Waals surface area contributed by atoms with E-state index in [2.05, 4.69) is 9.88 Å². The average molecular weight is 379 g/mol. The number of aromatic nitrogens is 1. The van der Waals surface area contributed by atoms with E-state index in [0.717, 1.165) is 29.2 Å². The van der Waals surface area contributed by atoms with Crippen molar-refractivity contribution in [2.24, 2.45) is 0 Å². The molecule has 0 bridgehead atoms. The Morgan fingerprint density at radius 3 is 2.80 bits per heavy atom. The van der Waals surface area contributed by atoms with Crippen LogP contribution in [-0.2, 0) is 13.0 Å². The zero-order valence-electron chi connectivity index (χ0n) is 13.4. The van der Waals surface area contributed by atoms with E-state index in [1.165, 1.54) is 23.1 Å². The molecule has 1 aromatic heterocycles. The molecule has 1 unspecified atom stereocenters. The molecule has 25 heavy (non-hydrogen) atoms. The normalized spacial score (nSPS) is 16.2. The van der Waals surface area contributed by atoms with Crippen molar-refractivity contribution >= 4 is 34.1 Å². The number of H-pyrrole nitrogens is 1. The number of nitrogens with zero attached hydrogens (tertiary/aromatic N) is 1. The van der Waals surface area contributed by atoms with Gasteiger partial charge in [0.2, 0.25) is 0 Å². The third kappa shape index (κ3) is 3.40. The van der Waals surface area contributed by atoms with Crippen LogP contribution in [0.2, 0.25) is 10.0 Å². The smallest absolute Gasteiger partial charge is 0.125 e. The predicted octanol–water partition coefficient (Wildman–Crippen LogP) is 4.71. The molecular weight excluding hydrogens is 362 g/mol. The fourth-order valence-corrected chi connectivity index (χ4v) is 3.94. The van der Waals surface area contributed by atoms with Crippen molar-refractivity contribution in [3.8, 4) is 0 Å². The predicted molar refractivity (Wildman–Crippen MR) is 98.7 cm³/mol. The van der Waals surface area contributed by atoms with Crippen molar-refractivity contribution in [3.05, 3.63) is 69.1 Å². The van der Waals surface area contributed by atoms with Crippen LogP contribution in [0, 0.1) is 5.82 Å². The zero-order valence-corrected chi connectivity index (χ0v) is 14.9. The largest absolute Gasteiger partial charge is 0.387 e. The highest BCUT2D eigenvalue weighted by atomic mass is 35.5. The first-order chi connectivity index (χ1) is 12.0. The molecule has 0 amide bonds. The van der Waals surface area contributed by atoms with Crippen molar-refractivity contribution in [1.29, 1.82) is 0 Å². The van der Waals surface area contributed by atoms with Gasteiger partial charge in [-0.25, -0.2) is 4.39 Å². The molecule has 0 saturated carbocycles. The maximum Gasteiger partial charge on any atom is 0.125 e. The van der Waals surface area contributed by atoms with Gasteiger partial charge in [0.15, 0.2) is 0 Å². The van der Waals surface area contributed by atoms with Crippen LogP contribution in [0.4, 0.5) is 4.39 Å². The monoisotopic (exact) mass is 378 g/mol. The quantitative estimate of drug-likeness (QED) is 0.692. The second-order valence-corrected chi connectivity index (χ2v) is 7.35. The highest BCUT2D eigenvalue weighted by Gasteiger charge is 2.23. The number of aromatic amines is 1. The SMILES string of the molecule is OC(CN1CCc2c([nH]c3ccc(Cl)cc23)C1)c1cc(F)cc(Cl)c1. The molecule has 1 atom stereocenters. The fourth-order valence-electron chi connectivity index (χ4n) is 3.54. The van der Waals surface area contributed by atoms with Crippen LogP contribution >= 0.6 is 23.2 Å². The number of aliphatic hydroxyl groups excluding tert-OH is 1. The average Bonchev–Trinajstić information content (AvgIpc) is 2.91. The Bertz CT molecular complexity index is 920. The molecule has 0 spiro atoms. The summed E-state index contributed by atoms with van der Waals surface area (Å²) in [5.74, 6) is -0.435. The Hall–Kier alpha value is -1.59. The molecule has 0 saturated heterocycles. The first kappa shape index (κ1) is 16.9. The second kappa shape index (κ2) is 6.61. The minimum Gasteiger partial charge on any atom is -0.387 e. The standard InChI is InChI=1S/C19H17Cl2FN2O/c20-12-1-2-17-16(8-12)15-3-4-24(9-18(15)23-17)10-19(25)11-5-13(21)7-14(22)6-11/h1-2,5-8,19,23,25H,3-4,9-10H2. The summed E-state index contributed by atoms with van der Waals surface area (Å²) >= 11 is 12.0. The van der Waals surface area contributed by atoms with Gasteiger partial charge >= 0.3 is 0 Å². The van der Waals surface area contributed by atoms with E-state index in [1.807, 2.05) is 18.2 Å². The second-order valence-electron chi connectivity index (χ2n) is 6.48. The number of benzene rings is 2. The van der Waals surface area contributed by atoms with E-state index >= 15 is 0 Å². The van der Waals surface area contributed by atoms with Crippen LogP contribution in [0.3, 0.4) is 0 Å². The molecule has 0 radical (unpaired) electrons. The summed E-state index contributed by atoms with van der Waals surface area (Å²) in [7, 11) is 0. The van der Waals surface area contributed by atoms with Gasteiger partial charge in [-0.15, -0.1) is 0 Å². The lowest BCUT2D eigenvalue weighted by Crippen LogP contribution is -2.33. The lowest BCUT2D eigenvalue weighted by atomic mass is 10.0. The number of β-amino-alcohol motifs (C(OH)–C–C–N with tert-alkyl or cyclic N) is 1. The van der Waals surface area contributed by atoms with Gasteiger partial charge in [0.1, 0.15) is 5.82 Å². The van der Waals surface area contributed by atoms with Crippen molar-refractivity contribution in [2.75, 3.05) is 13.1 Å². The van der Waals surface area contributed by atoms with Crippen molar-refractivity contribution in [2.45, 2.75) is 19.1 Å². The molecule has 2 aromatic carbocycles. The summed E-state index contributed by atoms with van der Waals surface area (Å²) in [5.41, 5.74) is 4.01. The Morgan fingerprint density at radius 1 is 1.16 bits per heavy atom. The van der Waals surface area contributed by atoms with E-state index in [-0.39, 0.29) is 0 Å². The molecule has 6 heteroatoms. The minimum absolute atomic E-state index is 0.294. The van der Waals surface area contributed by atoms with Crippen LogP contribution in [0.1, 0.15) is 22.9 Å². The van der Waals surface area contributed by atoms with E-state index in [0.29, 0.717) is 23.7 Å². The van der Waals surface area contributed by atoms with Gasteiger partial charge < -0.3 is 10.1 Å². The molecule has 130 valence electrons. The van der Waals surface area contributed by atoms with Gasteiger partial charge in [-0.3, -0.25) is 4.90 Å². The lowest BCUT2D eigenvalue weighted by molar-refractivity contribution is 0.105. The van der Waals surface area contributed by atoms with E-state index < -0.39 is 11.9 Å². The number of halogens is 3. The van der Waals surface area contributed by atoms with Crippen LogP contribution < -0.4 is 0 Å². The van der Waals surface area contributed by atoms with Gasteiger partial charge in [-0.1, -0.05) is 23.2 Å². The summed E-state index contributed by atoms with van der Waals surface area (Å²) < 4.78 is 13.5. The summed E-state index contributed by atoms with van der Waals surface area (Å²) in [6, 6.07) is 10.0. The van der Waals surface area contributed by atoms with Crippen LogP contribution in [0.5, 0.6) is 0 Å².